The number of aromatic hydroxyl groups is 1. The summed E-state index contributed by atoms with van der Waals surface area (Å²) in [6, 6.07) is 4.88. The number of alkyl halides is 1. The molecule has 0 aromatic heterocycles. The highest BCUT2D eigenvalue weighted by Gasteiger charge is 2.10. The summed E-state index contributed by atoms with van der Waals surface area (Å²) in [6.07, 6.45) is 1.92. The lowest BCUT2D eigenvalue weighted by molar-refractivity contribution is 0.0981. The Labute approximate surface area is 94.9 Å². The molecule has 15 heavy (non-hydrogen) atoms. The maximum atomic E-state index is 11.8. The molecule has 3 heteroatoms. The Balaban J connectivity index is 2.87. The standard InChI is InChI=1S/C12H15ClO2/c1-2-9-8-10(14)5-6-11(9)12(15)4-3-7-13/h5-6,8,14H,2-4,7H2,1H3. The van der Waals surface area contributed by atoms with E-state index in [1.165, 1.54) is 0 Å². The van der Waals surface area contributed by atoms with E-state index in [0.717, 1.165) is 12.0 Å². The first-order valence-electron chi connectivity index (χ1n) is 5.10. The van der Waals surface area contributed by atoms with Gasteiger partial charge in [-0.2, -0.15) is 0 Å². The average Bonchev–Trinajstić information content (AvgIpc) is 2.25. The van der Waals surface area contributed by atoms with E-state index >= 15 is 0 Å². The molecule has 0 amide bonds. The molecule has 0 aliphatic rings. The molecule has 0 aliphatic carbocycles. The van der Waals surface area contributed by atoms with E-state index < -0.39 is 0 Å². The van der Waals surface area contributed by atoms with Gasteiger partial charge in [0.1, 0.15) is 5.75 Å². The van der Waals surface area contributed by atoms with Crippen LogP contribution in [0, 0.1) is 0 Å². The Bertz CT molecular complexity index is 347. The first-order valence-corrected chi connectivity index (χ1v) is 5.63. The summed E-state index contributed by atoms with van der Waals surface area (Å²) in [4.78, 5) is 11.8. The molecule has 0 radical (unpaired) electrons. The van der Waals surface area contributed by atoms with Crippen LogP contribution in [0.15, 0.2) is 18.2 Å². The van der Waals surface area contributed by atoms with Gasteiger partial charge in [0.15, 0.2) is 5.78 Å². The lowest BCUT2D eigenvalue weighted by atomic mass is 9.99. The number of rotatable bonds is 5. The molecule has 1 aromatic rings. The van der Waals surface area contributed by atoms with Gasteiger partial charge in [0.25, 0.3) is 0 Å². The molecule has 0 saturated heterocycles. The normalized spacial score (nSPS) is 10.3. The van der Waals surface area contributed by atoms with E-state index in [0.29, 0.717) is 24.3 Å². The van der Waals surface area contributed by atoms with Crippen LogP contribution in [0.1, 0.15) is 35.7 Å². The van der Waals surface area contributed by atoms with Crippen LogP contribution in [-0.4, -0.2) is 16.8 Å². The fourth-order valence-corrected chi connectivity index (χ4v) is 1.64. The molecule has 0 heterocycles. The number of hydrogen-bond acceptors (Lipinski definition) is 2. The molecule has 1 aromatic carbocycles. The Morgan fingerprint density at radius 3 is 2.80 bits per heavy atom. The number of carbonyl (C=O) groups excluding carboxylic acids is 1. The molecule has 1 rings (SSSR count). The Kier molecular flexibility index (Phi) is 4.63. The van der Waals surface area contributed by atoms with E-state index in [1.54, 1.807) is 18.2 Å². The van der Waals surface area contributed by atoms with Crippen LogP contribution < -0.4 is 0 Å². The zero-order valence-corrected chi connectivity index (χ0v) is 9.55. The van der Waals surface area contributed by atoms with Crippen molar-refractivity contribution in [3.8, 4) is 5.75 Å². The van der Waals surface area contributed by atoms with Crippen LogP contribution in [0.25, 0.3) is 0 Å². The molecule has 82 valence electrons. The lowest BCUT2D eigenvalue weighted by Crippen LogP contribution is -2.03. The Morgan fingerprint density at radius 1 is 1.47 bits per heavy atom. The van der Waals surface area contributed by atoms with E-state index in [-0.39, 0.29) is 11.5 Å². The largest absolute Gasteiger partial charge is 0.508 e. The molecule has 0 aliphatic heterocycles. The van der Waals surface area contributed by atoms with Crippen molar-refractivity contribution in [2.45, 2.75) is 26.2 Å². The highest BCUT2D eigenvalue weighted by atomic mass is 35.5. The molecule has 0 bridgehead atoms. The van der Waals surface area contributed by atoms with Crippen molar-refractivity contribution in [1.29, 1.82) is 0 Å². The van der Waals surface area contributed by atoms with Crippen LogP contribution in [0.5, 0.6) is 5.75 Å². The summed E-state index contributed by atoms with van der Waals surface area (Å²) in [6.45, 7) is 1.97. The lowest BCUT2D eigenvalue weighted by Gasteiger charge is -2.06. The fourth-order valence-electron chi connectivity index (χ4n) is 1.51. The number of hydrogen-bond donors (Lipinski definition) is 1. The first kappa shape index (κ1) is 12.1. The number of phenolic OH excluding ortho intramolecular Hbond substituents is 1. The summed E-state index contributed by atoms with van der Waals surface area (Å²) in [5.41, 5.74) is 1.61. The highest BCUT2D eigenvalue weighted by molar-refractivity contribution is 6.18. The predicted octanol–water partition coefficient (Wildman–Crippen LogP) is 3.16. The molecule has 2 nitrogen and oxygen atoms in total. The van der Waals surface area contributed by atoms with Gasteiger partial charge in [0.2, 0.25) is 0 Å². The number of ketones is 1. The van der Waals surface area contributed by atoms with Crippen molar-refractivity contribution in [3.63, 3.8) is 0 Å². The van der Waals surface area contributed by atoms with Gasteiger partial charge in [-0.25, -0.2) is 0 Å². The quantitative estimate of drug-likeness (QED) is 0.619. The second kappa shape index (κ2) is 5.76. The van der Waals surface area contributed by atoms with Crippen LogP contribution in [0.4, 0.5) is 0 Å². The SMILES string of the molecule is CCc1cc(O)ccc1C(=O)CCCCl. The second-order valence-corrected chi connectivity index (χ2v) is 3.79. The van der Waals surface area contributed by atoms with Gasteiger partial charge in [0.05, 0.1) is 0 Å². The molecule has 0 fully saturated rings. The average molecular weight is 227 g/mol. The Morgan fingerprint density at radius 2 is 2.20 bits per heavy atom. The minimum absolute atomic E-state index is 0.104. The summed E-state index contributed by atoms with van der Waals surface area (Å²) in [5, 5.41) is 9.29. The topological polar surface area (TPSA) is 37.3 Å². The van der Waals surface area contributed by atoms with Crippen molar-refractivity contribution in [2.75, 3.05) is 5.88 Å². The first-order chi connectivity index (χ1) is 7.19. The summed E-state index contributed by atoms with van der Waals surface area (Å²) >= 11 is 5.54. The van der Waals surface area contributed by atoms with Crippen molar-refractivity contribution in [3.05, 3.63) is 29.3 Å². The summed E-state index contributed by atoms with van der Waals surface area (Å²) in [5.74, 6) is 0.818. The molecule has 0 spiro atoms. The second-order valence-electron chi connectivity index (χ2n) is 3.41. The van der Waals surface area contributed by atoms with Crippen LogP contribution in [0.2, 0.25) is 0 Å². The van der Waals surface area contributed by atoms with Crippen LogP contribution in [0.3, 0.4) is 0 Å². The van der Waals surface area contributed by atoms with E-state index in [9.17, 15) is 9.90 Å². The van der Waals surface area contributed by atoms with E-state index in [1.807, 2.05) is 6.92 Å². The van der Waals surface area contributed by atoms with Gasteiger partial charge in [0, 0.05) is 17.9 Å². The fraction of sp³-hybridized carbons (Fsp3) is 0.417. The van der Waals surface area contributed by atoms with Gasteiger partial charge < -0.3 is 5.11 Å². The van der Waals surface area contributed by atoms with Crippen molar-refractivity contribution >= 4 is 17.4 Å². The van der Waals surface area contributed by atoms with Gasteiger partial charge >= 0.3 is 0 Å². The van der Waals surface area contributed by atoms with E-state index in [4.69, 9.17) is 11.6 Å². The summed E-state index contributed by atoms with van der Waals surface area (Å²) < 4.78 is 0. The number of phenols is 1. The molecule has 0 unspecified atom stereocenters. The van der Waals surface area contributed by atoms with Crippen LogP contribution >= 0.6 is 11.6 Å². The van der Waals surface area contributed by atoms with Gasteiger partial charge in [-0.3, -0.25) is 4.79 Å². The molecule has 0 atom stereocenters. The zero-order chi connectivity index (χ0) is 11.3. The highest BCUT2D eigenvalue weighted by Crippen LogP contribution is 2.19. The minimum Gasteiger partial charge on any atom is -0.508 e. The van der Waals surface area contributed by atoms with E-state index in [2.05, 4.69) is 0 Å². The predicted molar refractivity (Wildman–Crippen MR) is 61.8 cm³/mol. The molecule has 1 N–H and O–H groups in total. The molecular formula is C12H15ClO2. The molecule has 0 saturated carbocycles. The third-order valence-corrected chi connectivity index (χ3v) is 2.57. The van der Waals surface area contributed by atoms with Crippen molar-refractivity contribution in [1.82, 2.24) is 0 Å². The Hall–Kier alpha value is -1.02. The zero-order valence-electron chi connectivity index (χ0n) is 8.79. The number of carbonyl (C=O) groups is 1. The summed E-state index contributed by atoms with van der Waals surface area (Å²) in [7, 11) is 0. The third kappa shape index (κ3) is 3.24. The third-order valence-electron chi connectivity index (χ3n) is 2.31. The van der Waals surface area contributed by atoms with Crippen LogP contribution in [-0.2, 0) is 6.42 Å². The number of halogens is 1. The van der Waals surface area contributed by atoms with Gasteiger partial charge in [-0.15, -0.1) is 11.6 Å². The van der Waals surface area contributed by atoms with Gasteiger partial charge in [-0.05, 0) is 36.6 Å². The van der Waals surface area contributed by atoms with Gasteiger partial charge in [-0.1, -0.05) is 6.92 Å². The maximum Gasteiger partial charge on any atom is 0.163 e. The molecular weight excluding hydrogens is 212 g/mol. The van der Waals surface area contributed by atoms with Crippen molar-refractivity contribution in [2.24, 2.45) is 0 Å². The number of benzene rings is 1. The maximum absolute atomic E-state index is 11.8. The number of Topliss-reactive ketones (excluding diaryl/α,β-unsaturated/α-hetero) is 1. The smallest absolute Gasteiger partial charge is 0.163 e. The number of aryl methyl sites for hydroxylation is 1. The minimum atomic E-state index is 0.104. The monoisotopic (exact) mass is 226 g/mol. The van der Waals surface area contributed by atoms with Crippen molar-refractivity contribution < 1.29 is 9.90 Å².